The highest BCUT2D eigenvalue weighted by Gasteiger charge is 2.23. The van der Waals surface area contributed by atoms with Crippen molar-refractivity contribution < 1.29 is 9.59 Å². The van der Waals surface area contributed by atoms with Crippen LogP contribution in [0.15, 0.2) is 29.3 Å². The summed E-state index contributed by atoms with van der Waals surface area (Å²) >= 11 is 0. The summed E-state index contributed by atoms with van der Waals surface area (Å²) in [7, 11) is 0. The minimum Gasteiger partial charge on any atom is -0.335 e. The molecular formula is C17H21N5O3. The van der Waals surface area contributed by atoms with Crippen molar-refractivity contribution in [3.05, 3.63) is 34.9 Å². The number of hydrogen-bond donors (Lipinski definition) is 2. The molecule has 1 aliphatic rings. The molecule has 0 saturated heterocycles. The Labute approximate surface area is 144 Å². The molecule has 1 fully saturated rings. The van der Waals surface area contributed by atoms with Gasteiger partial charge in [-0.3, -0.25) is 19.9 Å². The lowest BCUT2D eigenvalue weighted by Gasteiger charge is -2.29. The lowest BCUT2D eigenvalue weighted by molar-refractivity contribution is -0.120. The molecule has 0 unspecified atom stereocenters. The van der Waals surface area contributed by atoms with Crippen molar-refractivity contribution >= 4 is 22.8 Å². The Hall–Kier alpha value is -2.77. The second-order valence-corrected chi connectivity index (χ2v) is 6.44. The zero-order valence-corrected chi connectivity index (χ0v) is 14.1. The molecule has 8 heteroatoms. The number of carbonyl (C=O) groups excluding carboxylic acids is 2. The number of nitrogens with one attached hydrogen (secondary N) is 2. The summed E-state index contributed by atoms with van der Waals surface area (Å²) in [6.45, 7) is 1.76. The van der Waals surface area contributed by atoms with Gasteiger partial charge in [-0.1, -0.05) is 19.8 Å². The third kappa shape index (κ3) is 4.01. The maximum Gasteiger partial charge on any atom is 0.321 e. The van der Waals surface area contributed by atoms with Crippen molar-refractivity contribution in [3.63, 3.8) is 0 Å². The van der Waals surface area contributed by atoms with E-state index in [4.69, 9.17) is 0 Å². The molecule has 0 radical (unpaired) electrons. The maximum atomic E-state index is 12.3. The molecule has 3 rings (SSSR count). The lowest BCUT2D eigenvalue weighted by Crippen LogP contribution is -2.48. The Morgan fingerprint density at radius 1 is 1.32 bits per heavy atom. The second kappa shape index (κ2) is 7.42. The monoisotopic (exact) mass is 343 g/mol. The molecule has 1 aliphatic carbocycles. The number of pyridine rings is 1. The minimum atomic E-state index is -0.592. The molecule has 2 N–H and O–H groups in total. The van der Waals surface area contributed by atoms with Crippen LogP contribution < -0.4 is 16.2 Å². The van der Waals surface area contributed by atoms with Gasteiger partial charge in [0.2, 0.25) is 5.91 Å². The van der Waals surface area contributed by atoms with Crippen LogP contribution >= 0.6 is 0 Å². The van der Waals surface area contributed by atoms with Crippen molar-refractivity contribution in [3.8, 4) is 0 Å². The number of urea groups is 1. The van der Waals surface area contributed by atoms with Crippen LogP contribution in [0.3, 0.4) is 0 Å². The first-order chi connectivity index (χ1) is 12.0. The summed E-state index contributed by atoms with van der Waals surface area (Å²) in [6.07, 6.45) is 7.22. The number of nitrogens with zero attached hydrogens (tertiary/aromatic N) is 3. The highest BCUT2D eigenvalue weighted by molar-refractivity contribution is 5.94. The van der Waals surface area contributed by atoms with Crippen LogP contribution in [0, 0.1) is 5.92 Å². The van der Waals surface area contributed by atoms with Gasteiger partial charge in [-0.2, -0.15) is 5.10 Å². The topological polar surface area (TPSA) is 106 Å². The molecular weight excluding hydrogens is 322 g/mol. The molecule has 1 saturated carbocycles. The van der Waals surface area contributed by atoms with Gasteiger partial charge in [0.05, 0.1) is 6.20 Å². The number of imide groups is 1. The number of fused-ring (bicyclic) bond motifs is 1. The molecule has 25 heavy (non-hydrogen) atoms. The molecule has 2 aromatic rings. The van der Waals surface area contributed by atoms with Crippen molar-refractivity contribution in [2.75, 3.05) is 0 Å². The Balaban J connectivity index is 1.61. The molecule has 0 spiro atoms. The van der Waals surface area contributed by atoms with Crippen molar-refractivity contribution in [1.82, 2.24) is 25.4 Å². The number of hydrogen-bond acceptors (Lipinski definition) is 5. The van der Waals surface area contributed by atoms with Gasteiger partial charge in [0.1, 0.15) is 12.1 Å². The van der Waals surface area contributed by atoms with E-state index in [1.54, 1.807) is 12.1 Å². The van der Waals surface area contributed by atoms with E-state index in [-0.39, 0.29) is 18.1 Å². The highest BCUT2D eigenvalue weighted by Crippen LogP contribution is 2.23. The zero-order chi connectivity index (χ0) is 17.8. The van der Waals surface area contributed by atoms with Gasteiger partial charge in [-0.25, -0.2) is 9.48 Å². The van der Waals surface area contributed by atoms with Crippen molar-refractivity contribution in [1.29, 1.82) is 0 Å². The molecule has 2 atom stereocenters. The van der Waals surface area contributed by atoms with Gasteiger partial charge < -0.3 is 5.32 Å². The molecule has 0 bridgehead atoms. The lowest BCUT2D eigenvalue weighted by atomic mass is 9.86. The van der Waals surface area contributed by atoms with Gasteiger partial charge >= 0.3 is 6.03 Å². The number of amides is 3. The molecule has 2 aromatic heterocycles. The smallest absolute Gasteiger partial charge is 0.321 e. The van der Waals surface area contributed by atoms with Crippen LogP contribution in [0.25, 0.3) is 10.9 Å². The normalized spacial score (nSPS) is 20.2. The van der Waals surface area contributed by atoms with Gasteiger partial charge in [0.25, 0.3) is 5.56 Å². The van der Waals surface area contributed by atoms with Crippen LogP contribution in [0.5, 0.6) is 0 Å². The molecule has 3 amide bonds. The van der Waals surface area contributed by atoms with Crippen LogP contribution in [0.2, 0.25) is 0 Å². The summed E-state index contributed by atoms with van der Waals surface area (Å²) in [4.78, 5) is 40.3. The van der Waals surface area contributed by atoms with E-state index in [0.717, 1.165) is 23.9 Å². The largest absolute Gasteiger partial charge is 0.335 e. The first-order valence-corrected chi connectivity index (χ1v) is 8.46. The average Bonchev–Trinajstić information content (AvgIpc) is 2.59. The van der Waals surface area contributed by atoms with Gasteiger partial charge in [0, 0.05) is 17.6 Å². The Kier molecular flexibility index (Phi) is 5.06. The fourth-order valence-corrected chi connectivity index (χ4v) is 3.16. The van der Waals surface area contributed by atoms with Crippen LogP contribution in [0.4, 0.5) is 4.79 Å². The van der Waals surface area contributed by atoms with E-state index in [2.05, 4.69) is 27.6 Å². The highest BCUT2D eigenvalue weighted by atomic mass is 16.2. The van der Waals surface area contributed by atoms with Crippen LogP contribution in [-0.2, 0) is 11.3 Å². The van der Waals surface area contributed by atoms with E-state index in [0.29, 0.717) is 11.3 Å². The molecule has 2 heterocycles. The Morgan fingerprint density at radius 3 is 2.92 bits per heavy atom. The first-order valence-electron chi connectivity index (χ1n) is 8.46. The average molecular weight is 343 g/mol. The van der Waals surface area contributed by atoms with Crippen LogP contribution in [0.1, 0.15) is 32.6 Å². The zero-order valence-electron chi connectivity index (χ0n) is 14.1. The quantitative estimate of drug-likeness (QED) is 0.871. The van der Waals surface area contributed by atoms with Gasteiger partial charge in [0.15, 0.2) is 0 Å². The predicted molar refractivity (Wildman–Crippen MR) is 91.9 cm³/mol. The van der Waals surface area contributed by atoms with E-state index in [1.165, 1.54) is 18.8 Å². The molecule has 0 aliphatic heterocycles. The van der Waals surface area contributed by atoms with Gasteiger partial charge in [-0.15, -0.1) is 0 Å². The number of carbonyl (C=O) groups is 2. The summed E-state index contributed by atoms with van der Waals surface area (Å²) in [5.74, 6) is -0.198. The third-order valence-corrected chi connectivity index (χ3v) is 4.59. The minimum absolute atomic E-state index is 0.0762. The molecule has 8 nitrogen and oxygen atoms in total. The fourth-order valence-electron chi connectivity index (χ4n) is 3.16. The third-order valence-electron chi connectivity index (χ3n) is 4.59. The second-order valence-electron chi connectivity index (χ2n) is 6.44. The first kappa shape index (κ1) is 17.1. The van der Waals surface area contributed by atoms with Crippen molar-refractivity contribution in [2.24, 2.45) is 5.92 Å². The molecule has 132 valence electrons. The van der Waals surface area contributed by atoms with Gasteiger partial charge in [-0.05, 0) is 30.9 Å². The summed E-state index contributed by atoms with van der Waals surface area (Å²) in [5, 5.41) is 9.66. The summed E-state index contributed by atoms with van der Waals surface area (Å²) in [5.41, 5.74) is -0.222. The van der Waals surface area contributed by atoms with E-state index < -0.39 is 17.5 Å². The fraction of sp³-hybridized carbons (Fsp3) is 0.471. The Morgan fingerprint density at radius 2 is 2.12 bits per heavy atom. The SMILES string of the molecule is C[C@@H]1CCCC[C@@H]1NC(=O)NC(=O)Cn1ncc2cccnc2c1=O. The maximum absolute atomic E-state index is 12.3. The summed E-state index contributed by atoms with van der Waals surface area (Å²) < 4.78 is 1.00. The predicted octanol–water partition coefficient (Wildman–Crippen LogP) is 1.20. The Bertz CT molecular complexity index is 848. The van der Waals surface area contributed by atoms with Crippen molar-refractivity contribution in [2.45, 2.75) is 45.2 Å². The van der Waals surface area contributed by atoms with Crippen LogP contribution in [-0.4, -0.2) is 32.7 Å². The number of rotatable bonds is 3. The molecule has 0 aromatic carbocycles. The van der Waals surface area contributed by atoms with E-state index in [9.17, 15) is 14.4 Å². The standard InChI is InChI=1S/C17H21N5O3/c1-11-5-2-3-7-13(11)20-17(25)21-14(23)10-22-16(24)15-12(9-19-22)6-4-8-18-15/h4,6,8-9,11,13H,2-3,5,7,10H2,1H3,(H2,20,21,23,25)/t11-,13+/m1/s1. The van der Waals surface area contributed by atoms with E-state index in [1.807, 2.05) is 0 Å². The summed E-state index contributed by atoms with van der Waals surface area (Å²) in [6, 6.07) is 2.97. The number of aromatic nitrogens is 3. The van der Waals surface area contributed by atoms with E-state index >= 15 is 0 Å².